The van der Waals surface area contributed by atoms with E-state index in [0.717, 1.165) is 23.4 Å². The van der Waals surface area contributed by atoms with E-state index in [2.05, 4.69) is 10.3 Å². The van der Waals surface area contributed by atoms with Gasteiger partial charge in [-0.25, -0.2) is 14.0 Å². The molecule has 0 spiro atoms. The zero-order chi connectivity index (χ0) is 42.9. The first-order chi connectivity index (χ1) is 27.1. The Kier molecular flexibility index (Phi) is 14.1. The Hall–Kier alpha value is -3.53. The lowest BCUT2D eigenvalue weighted by Crippen LogP contribution is -2.61. The number of benzene rings is 1. The van der Waals surface area contributed by atoms with Gasteiger partial charge in [0.1, 0.15) is 18.0 Å². The van der Waals surface area contributed by atoms with Crippen molar-refractivity contribution in [2.75, 3.05) is 20.7 Å². The minimum Gasteiger partial charge on any atom is -0.455 e. The number of halogens is 2. The first-order valence-electron chi connectivity index (χ1n) is 20.1. The van der Waals surface area contributed by atoms with Crippen molar-refractivity contribution in [3.63, 3.8) is 0 Å². The van der Waals surface area contributed by atoms with Crippen LogP contribution in [0.4, 0.5) is 9.18 Å². The normalized spacial score (nSPS) is 38.0. The first-order valence-corrected chi connectivity index (χ1v) is 20.5. The number of nitrogens with one attached hydrogen (secondary N) is 1. The number of nitrogens with zero attached hydrogens (tertiary/aromatic N) is 2. The van der Waals surface area contributed by atoms with Gasteiger partial charge in [-0.1, -0.05) is 57.9 Å². The lowest BCUT2D eigenvalue weighted by molar-refractivity contribution is -0.297. The van der Waals surface area contributed by atoms with Gasteiger partial charge in [-0.3, -0.25) is 14.6 Å². The SMILES string of the molecule is CCC[C@H]1OC(=O)[C@@](C)(F)C(=O)[C@H](C)[C@@H](OC2O[C@H](C)C[C@H](N(C)C)[C@H]2O)[C@](C)(OC/C=C/c2cnc3ccc(Cl)cc3c2)C[C@@H](C)C(=O)[C@H](C)[C@@H]2NC(=O)O[C@]12C. The van der Waals surface area contributed by atoms with Crippen LogP contribution in [0.1, 0.15) is 86.6 Å². The molecule has 1 aromatic heterocycles. The molecule has 320 valence electrons. The van der Waals surface area contributed by atoms with Gasteiger partial charge in [-0.05, 0) is 90.9 Å². The predicted octanol–water partition coefficient (Wildman–Crippen LogP) is 6.25. The fraction of sp³-hybridized carbons (Fsp3) is 0.651. The Labute approximate surface area is 345 Å². The molecule has 5 rings (SSSR count). The summed E-state index contributed by atoms with van der Waals surface area (Å²) in [6.45, 7) is 12.4. The third-order valence-corrected chi connectivity index (χ3v) is 12.4. The number of likely N-dealkylation sites (N-methyl/N-ethyl adjacent to an activating group) is 1. The third kappa shape index (κ3) is 9.42. The van der Waals surface area contributed by atoms with E-state index in [4.69, 9.17) is 35.3 Å². The van der Waals surface area contributed by atoms with Crippen LogP contribution in [0.25, 0.3) is 17.0 Å². The van der Waals surface area contributed by atoms with Crippen molar-refractivity contribution >= 4 is 52.2 Å². The van der Waals surface area contributed by atoms with Gasteiger partial charge in [-0.2, -0.15) is 0 Å². The number of pyridine rings is 1. The fourth-order valence-corrected chi connectivity index (χ4v) is 9.06. The Bertz CT molecular complexity index is 1880. The molecule has 0 saturated carbocycles. The number of rotatable bonds is 9. The van der Waals surface area contributed by atoms with Crippen LogP contribution in [0, 0.1) is 17.8 Å². The fourth-order valence-electron chi connectivity index (χ4n) is 8.88. The van der Waals surface area contributed by atoms with Crippen molar-refractivity contribution < 1.29 is 52.4 Å². The third-order valence-electron chi connectivity index (χ3n) is 12.1. The van der Waals surface area contributed by atoms with E-state index in [9.17, 15) is 24.3 Å². The number of esters is 1. The summed E-state index contributed by atoms with van der Waals surface area (Å²) < 4.78 is 47.9. The second-order valence-corrected chi connectivity index (χ2v) is 17.5. The number of carbonyl (C=O) groups is 4. The minimum absolute atomic E-state index is 0.0537. The van der Waals surface area contributed by atoms with E-state index in [1.54, 1.807) is 58.2 Å². The summed E-state index contributed by atoms with van der Waals surface area (Å²) in [6.07, 6.45) is -0.000547. The van der Waals surface area contributed by atoms with Crippen LogP contribution in [0.3, 0.4) is 0 Å². The number of hydrogen-bond donors (Lipinski definition) is 2. The molecular weight excluding hydrogens is 773 g/mol. The van der Waals surface area contributed by atoms with Crippen LogP contribution < -0.4 is 5.32 Å². The summed E-state index contributed by atoms with van der Waals surface area (Å²) in [5.41, 5.74) is -4.82. The molecule has 58 heavy (non-hydrogen) atoms. The second-order valence-electron chi connectivity index (χ2n) is 17.1. The van der Waals surface area contributed by atoms with Gasteiger partial charge in [0.05, 0.1) is 36.0 Å². The van der Waals surface area contributed by atoms with E-state index in [-0.39, 0.29) is 31.3 Å². The average Bonchev–Trinajstić information content (AvgIpc) is 3.48. The molecule has 0 aliphatic carbocycles. The molecule has 3 saturated heterocycles. The molecule has 1 amide bonds. The van der Waals surface area contributed by atoms with Gasteiger partial charge >= 0.3 is 12.1 Å². The number of ether oxygens (including phenoxy) is 5. The van der Waals surface area contributed by atoms with Crippen molar-refractivity contribution in [2.24, 2.45) is 17.8 Å². The van der Waals surface area contributed by atoms with Crippen LogP contribution in [-0.4, -0.2) is 119 Å². The maximum absolute atomic E-state index is 17.0. The number of alkyl carbamates (subject to hydrolysis) is 1. The van der Waals surface area contributed by atoms with Crippen LogP contribution in [0.15, 0.2) is 36.5 Å². The standard InChI is InChI=1S/C43H59ClFN3O10/c1-11-13-32-43(8)35(47-40(53)58-43)25(4)33(49)23(2)21-41(6,54-17-12-14-27-19-28-20-29(44)15-16-30(28)46-22-27)37(26(5)36(51)42(7,45)39(52)56-32)57-38-34(50)31(48(9)10)18-24(3)55-38/h12,14-16,19-20,22-26,31-32,34-35,37-38,50H,11,13,17-18,21H2,1-10H3,(H,47,53)/b14-12+/t23-,24-,25+,26+,31+,32-,34-,35+,37-,38?,41-,42+,43-/m1/s1. The predicted molar refractivity (Wildman–Crippen MR) is 216 cm³/mol. The molecule has 15 heteroatoms. The molecule has 3 fully saturated rings. The quantitative estimate of drug-likeness (QED) is 0.216. The van der Waals surface area contributed by atoms with Gasteiger partial charge in [-0.15, -0.1) is 0 Å². The number of aliphatic hydroxyl groups is 1. The maximum atomic E-state index is 17.0. The Morgan fingerprint density at radius 3 is 2.47 bits per heavy atom. The van der Waals surface area contributed by atoms with E-state index in [1.807, 2.05) is 45.0 Å². The highest BCUT2D eigenvalue weighted by Gasteiger charge is 2.59. The van der Waals surface area contributed by atoms with E-state index >= 15 is 4.39 Å². The second kappa shape index (κ2) is 18.0. The molecule has 13 atom stereocenters. The smallest absolute Gasteiger partial charge is 0.408 e. The number of cyclic esters (lactones) is 1. The molecular formula is C43H59ClFN3O10. The molecule has 1 aromatic carbocycles. The molecule has 4 heterocycles. The number of alkyl halides is 1. The molecule has 13 nitrogen and oxygen atoms in total. The molecule has 1 unspecified atom stereocenters. The monoisotopic (exact) mass is 831 g/mol. The highest BCUT2D eigenvalue weighted by Crippen LogP contribution is 2.41. The summed E-state index contributed by atoms with van der Waals surface area (Å²) in [4.78, 5) is 62.0. The average molecular weight is 832 g/mol. The maximum Gasteiger partial charge on any atom is 0.408 e. The minimum atomic E-state index is -3.20. The van der Waals surface area contributed by atoms with Crippen molar-refractivity contribution in [1.29, 1.82) is 0 Å². The summed E-state index contributed by atoms with van der Waals surface area (Å²) >= 11 is 6.22. The molecule has 2 aromatic rings. The van der Waals surface area contributed by atoms with Gasteiger partial charge in [0.15, 0.2) is 17.7 Å². The van der Waals surface area contributed by atoms with Crippen LogP contribution in [0.5, 0.6) is 0 Å². The van der Waals surface area contributed by atoms with Crippen molar-refractivity contribution in [3.8, 4) is 0 Å². The zero-order valence-electron chi connectivity index (χ0n) is 35.1. The summed E-state index contributed by atoms with van der Waals surface area (Å²) in [5, 5.41) is 15.7. The Morgan fingerprint density at radius 1 is 1.09 bits per heavy atom. The molecule has 2 N–H and O–H groups in total. The molecule has 0 radical (unpaired) electrons. The Balaban J connectivity index is 1.59. The van der Waals surface area contributed by atoms with Gasteiger partial charge in [0.25, 0.3) is 5.67 Å². The topological polar surface area (TPSA) is 163 Å². The summed E-state index contributed by atoms with van der Waals surface area (Å²) in [6, 6.07) is 5.94. The van der Waals surface area contributed by atoms with Gasteiger partial charge < -0.3 is 39.0 Å². The number of amides is 1. The molecule has 3 aliphatic heterocycles. The number of ketones is 2. The molecule has 0 bridgehead atoms. The number of carbonyl (C=O) groups excluding carboxylic acids is 4. The van der Waals surface area contributed by atoms with E-state index < -0.39 is 89.2 Å². The number of aromatic nitrogens is 1. The highest BCUT2D eigenvalue weighted by atomic mass is 35.5. The zero-order valence-corrected chi connectivity index (χ0v) is 35.9. The number of fused-ring (bicyclic) bond motifs is 2. The molecule has 3 aliphatic rings. The van der Waals surface area contributed by atoms with E-state index in [0.29, 0.717) is 17.9 Å². The number of hydrogen-bond acceptors (Lipinski definition) is 12. The first kappa shape index (κ1) is 45.6. The highest BCUT2D eigenvalue weighted by molar-refractivity contribution is 6.31. The van der Waals surface area contributed by atoms with Crippen molar-refractivity contribution in [2.45, 2.75) is 141 Å². The van der Waals surface area contributed by atoms with Crippen molar-refractivity contribution in [3.05, 3.63) is 47.1 Å². The van der Waals surface area contributed by atoms with Crippen LogP contribution in [-0.2, 0) is 38.1 Å². The lowest BCUT2D eigenvalue weighted by atomic mass is 9.73. The van der Waals surface area contributed by atoms with Gasteiger partial charge in [0.2, 0.25) is 0 Å². The van der Waals surface area contributed by atoms with Crippen LogP contribution >= 0.6 is 11.6 Å². The largest absolute Gasteiger partial charge is 0.455 e. The summed E-state index contributed by atoms with van der Waals surface area (Å²) in [5.74, 6) is -5.98. The number of aliphatic hydroxyl groups excluding tert-OH is 1. The van der Waals surface area contributed by atoms with Crippen LogP contribution in [0.2, 0.25) is 5.02 Å². The lowest BCUT2D eigenvalue weighted by Gasteiger charge is -2.47. The Morgan fingerprint density at radius 2 is 1.79 bits per heavy atom. The van der Waals surface area contributed by atoms with Gasteiger partial charge in [0, 0.05) is 40.4 Å². The van der Waals surface area contributed by atoms with Crippen molar-refractivity contribution in [1.82, 2.24) is 15.2 Å². The van der Waals surface area contributed by atoms with E-state index in [1.165, 1.54) is 6.92 Å². The summed E-state index contributed by atoms with van der Waals surface area (Å²) in [7, 11) is 3.64. The number of Topliss-reactive ketones (excluding diaryl/α,β-unsaturated/α-hetero) is 2.